The molecule has 156 valence electrons. The summed E-state index contributed by atoms with van der Waals surface area (Å²) in [5.41, 5.74) is 1.29. The monoisotopic (exact) mass is 462 g/mol. The van der Waals surface area contributed by atoms with E-state index in [1.807, 2.05) is 12.1 Å². The number of hydrogen-bond acceptors (Lipinski definition) is 4. The Balaban J connectivity index is 1.66. The van der Waals surface area contributed by atoms with E-state index in [2.05, 4.69) is 0 Å². The first-order valence-electron chi connectivity index (χ1n) is 9.32. The maximum Gasteiger partial charge on any atom is 0.246 e. The summed E-state index contributed by atoms with van der Waals surface area (Å²) >= 11 is 14.0. The first kappa shape index (κ1) is 22.4. The Morgan fingerprint density at radius 1 is 1.00 bits per heavy atom. The molecule has 0 unspecified atom stereocenters. The molecule has 0 saturated carbocycles. The third-order valence-electron chi connectivity index (χ3n) is 4.75. The second-order valence-electron chi connectivity index (χ2n) is 6.73. The minimum Gasteiger partial charge on any atom is -0.339 e. The predicted octanol–water partition coefficient (Wildman–Crippen LogP) is 4.66. The molecule has 0 aliphatic carbocycles. The molecule has 1 saturated heterocycles. The van der Waals surface area contributed by atoms with Crippen molar-refractivity contribution in [2.75, 3.05) is 26.2 Å². The molecule has 1 fully saturated rings. The number of carbonyl (C=O) groups is 3. The van der Waals surface area contributed by atoms with Crippen LogP contribution in [0.1, 0.15) is 22.8 Å². The molecule has 3 rings (SSSR count). The van der Waals surface area contributed by atoms with Crippen LogP contribution in [0.15, 0.2) is 52.3 Å². The smallest absolute Gasteiger partial charge is 0.246 e. The van der Waals surface area contributed by atoms with E-state index in [1.54, 1.807) is 40.1 Å². The van der Waals surface area contributed by atoms with Crippen LogP contribution in [0.25, 0.3) is 6.08 Å². The van der Waals surface area contributed by atoms with Gasteiger partial charge in [0.05, 0.1) is 10.0 Å². The first-order chi connectivity index (χ1) is 14.4. The lowest BCUT2D eigenvalue weighted by Gasteiger charge is -2.33. The van der Waals surface area contributed by atoms with Gasteiger partial charge in [0.2, 0.25) is 11.8 Å². The molecule has 1 aliphatic heterocycles. The molecular weight excluding hydrogens is 443 g/mol. The van der Waals surface area contributed by atoms with E-state index in [0.29, 0.717) is 46.7 Å². The van der Waals surface area contributed by atoms with E-state index in [9.17, 15) is 14.4 Å². The van der Waals surface area contributed by atoms with E-state index in [1.165, 1.54) is 24.8 Å². The highest BCUT2D eigenvalue weighted by molar-refractivity contribution is 7.99. The average Bonchev–Trinajstić information content (AvgIpc) is 2.74. The second kappa shape index (κ2) is 10.2. The molecule has 1 aliphatic rings. The maximum absolute atomic E-state index is 12.4. The third kappa shape index (κ3) is 5.45. The summed E-state index contributed by atoms with van der Waals surface area (Å²) < 4.78 is 0. The van der Waals surface area contributed by atoms with Crippen LogP contribution in [0.2, 0.25) is 10.0 Å². The lowest BCUT2D eigenvalue weighted by molar-refractivity contribution is -0.135. The number of nitrogens with zero attached hydrogens (tertiary/aromatic N) is 2. The van der Waals surface area contributed by atoms with Crippen molar-refractivity contribution in [3.05, 3.63) is 63.6 Å². The number of amides is 2. The molecule has 0 bridgehead atoms. The molecule has 0 radical (unpaired) electrons. The lowest BCUT2D eigenvalue weighted by Crippen LogP contribution is -2.49. The van der Waals surface area contributed by atoms with Crippen LogP contribution in [0.5, 0.6) is 0 Å². The minimum atomic E-state index is -0.0977. The molecule has 2 amide bonds. The van der Waals surface area contributed by atoms with E-state index < -0.39 is 0 Å². The third-order valence-corrected chi connectivity index (χ3v) is 6.83. The van der Waals surface area contributed by atoms with Crippen molar-refractivity contribution >= 4 is 59.1 Å². The van der Waals surface area contributed by atoms with Crippen molar-refractivity contribution in [1.29, 1.82) is 0 Å². The van der Waals surface area contributed by atoms with Crippen LogP contribution in [0.4, 0.5) is 0 Å². The Kier molecular flexibility index (Phi) is 7.58. The highest BCUT2D eigenvalue weighted by atomic mass is 35.5. The maximum atomic E-state index is 12.4. The number of piperazine rings is 1. The van der Waals surface area contributed by atoms with Gasteiger partial charge in [0, 0.05) is 54.5 Å². The SMILES string of the molecule is CC(=O)N1CCN(C(=O)C=Cc2ccc(Sc3c(Cl)cccc3C=O)c(Cl)c2)CC1. The molecule has 30 heavy (non-hydrogen) atoms. The lowest BCUT2D eigenvalue weighted by atomic mass is 10.2. The Morgan fingerprint density at radius 3 is 2.33 bits per heavy atom. The Morgan fingerprint density at radius 2 is 1.70 bits per heavy atom. The normalized spacial score (nSPS) is 14.2. The highest BCUT2D eigenvalue weighted by Crippen LogP contribution is 2.39. The Hall–Kier alpha value is -2.28. The van der Waals surface area contributed by atoms with Crippen LogP contribution < -0.4 is 0 Å². The molecule has 5 nitrogen and oxygen atoms in total. The minimum absolute atomic E-state index is 0.0299. The van der Waals surface area contributed by atoms with Crippen molar-refractivity contribution in [2.45, 2.75) is 16.7 Å². The summed E-state index contributed by atoms with van der Waals surface area (Å²) in [7, 11) is 0. The molecule has 0 aromatic heterocycles. The number of carbonyl (C=O) groups excluding carboxylic acids is 3. The van der Waals surface area contributed by atoms with E-state index in [-0.39, 0.29) is 11.8 Å². The molecule has 0 spiro atoms. The number of halogens is 2. The first-order valence-corrected chi connectivity index (χ1v) is 10.9. The topological polar surface area (TPSA) is 57.7 Å². The zero-order valence-electron chi connectivity index (χ0n) is 16.3. The molecule has 0 atom stereocenters. The second-order valence-corrected chi connectivity index (χ2v) is 8.60. The zero-order chi connectivity index (χ0) is 21.7. The van der Waals surface area contributed by atoms with Crippen LogP contribution in [-0.4, -0.2) is 54.1 Å². The van der Waals surface area contributed by atoms with Gasteiger partial charge in [0.1, 0.15) is 0 Å². The summed E-state index contributed by atoms with van der Waals surface area (Å²) in [6.07, 6.45) is 3.99. The fourth-order valence-electron chi connectivity index (χ4n) is 3.05. The fourth-order valence-corrected chi connectivity index (χ4v) is 4.57. The van der Waals surface area contributed by atoms with E-state index in [0.717, 1.165) is 16.7 Å². The van der Waals surface area contributed by atoms with Gasteiger partial charge in [-0.2, -0.15) is 0 Å². The summed E-state index contributed by atoms with van der Waals surface area (Å²) in [6, 6.07) is 10.6. The molecule has 1 heterocycles. The van der Waals surface area contributed by atoms with Gasteiger partial charge in [0.15, 0.2) is 6.29 Å². The van der Waals surface area contributed by atoms with Gasteiger partial charge in [-0.05, 0) is 29.8 Å². The van der Waals surface area contributed by atoms with E-state index in [4.69, 9.17) is 23.2 Å². The molecule has 2 aromatic carbocycles. The molecular formula is C22H20Cl2N2O3S. The quantitative estimate of drug-likeness (QED) is 0.478. The van der Waals surface area contributed by atoms with Gasteiger partial charge < -0.3 is 9.80 Å². The van der Waals surface area contributed by atoms with Crippen LogP contribution in [0.3, 0.4) is 0 Å². The standard InChI is InChI=1S/C22H20Cl2N2O3S/c1-15(28)25-9-11-26(12-10-25)21(29)8-6-16-5-7-20(19(24)13-16)30-22-17(14-27)3-2-4-18(22)23/h2-8,13-14H,9-12H2,1H3. The van der Waals surface area contributed by atoms with Gasteiger partial charge >= 0.3 is 0 Å². The van der Waals surface area contributed by atoms with Crippen LogP contribution in [0, 0.1) is 0 Å². The summed E-state index contributed by atoms with van der Waals surface area (Å²) in [6.45, 7) is 3.69. The largest absolute Gasteiger partial charge is 0.339 e. The van der Waals surface area contributed by atoms with E-state index >= 15 is 0 Å². The van der Waals surface area contributed by atoms with Crippen molar-refractivity contribution < 1.29 is 14.4 Å². The number of hydrogen-bond donors (Lipinski definition) is 0. The average molecular weight is 463 g/mol. The van der Waals surface area contributed by atoms with Gasteiger partial charge in [-0.1, -0.05) is 53.2 Å². The van der Waals surface area contributed by atoms with Crippen molar-refractivity contribution in [3.8, 4) is 0 Å². The summed E-state index contributed by atoms with van der Waals surface area (Å²) in [5, 5.41) is 0.988. The van der Waals surface area contributed by atoms with Gasteiger partial charge in [-0.3, -0.25) is 14.4 Å². The number of aldehydes is 1. The number of rotatable bonds is 5. The summed E-state index contributed by atoms with van der Waals surface area (Å²) in [4.78, 5) is 39.9. The predicted molar refractivity (Wildman–Crippen MR) is 120 cm³/mol. The fraction of sp³-hybridized carbons (Fsp3) is 0.227. The Labute approximate surface area is 189 Å². The number of benzene rings is 2. The molecule has 0 N–H and O–H groups in total. The zero-order valence-corrected chi connectivity index (χ0v) is 18.6. The van der Waals surface area contributed by atoms with Gasteiger partial charge in [-0.15, -0.1) is 0 Å². The van der Waals surface area contributed by atoms with Crippen molar-refractivity contribution in [2.24, 2.45) is 0 Å². The van der Waals surface area contributed by atoms with Gasteiger partial charge in [0.25, 0.3) is 0 Å². The van der Waals surface area contributed by atoms with Crippen molar-refractivity contribution in [3.63, 3.8) is 0 Å². The van der Waals surface area contributed by atoms with Crippen molar-refractivity contribution in [1.82, 2.24) is 9.80 Å². The van der Waals surface area contributed by atoms with Crippen LogP contribution >= 0.6 is 35.0 Å². The van der Waals surface area contributed by atoms with Crippen LogP contribution in [-0.2, 0) is 9.59 Å². The Bertz CT molecular complexity index is 1000. The highest BCUT2D eigenvalue weighted by Gasteiger charge is 2.20. The van der Waals surface area contributed by atoms with Gasteiger partial charge in [-0.25, -0.2) is 0 Å². The molecule has 2 aromatic rings. The molecule has 8 heteroatoms. The summed E-state index contributed by atoms with van der Waals surface area (Å²) in [5.74, 6) is -0.0678.